The summed E-state index contributed by atoms with van der Waals surface area (Å²) in [5, 5.41) is 0.853. The Morgan fingerprint density at radius 3 is 2.11 bits per heavy atom. The van der Waals surface area contributed by atoms with Crippen LogP contribution in [0.4, 0.5) is 13.2 Å². The lowest BCUT2D eigenvalue weighted by Gasteiger charge is -2.25. The van der Waals surface area contributed by atoms with Crippen LogP contribution in [0.1, 0.15) is 25.0 Å². The van der Waals surface area contributed by atoms with Gasteiger partial charge in [-0.1, -0.05) is 28.1 Å². The van der Waals surface area contributed by atoms with Crippen LogP contribution in [0.5, 0.6) is 0 Å². The summed E-state index contributed by atoms with van der Waals surface area (Å²) in [4.78, 5) is 2.21. The lowest BCUT2D eigenvalue weighted by atomic mass is 10.1. The molecule has 18 heavy (non-hydrogen) atoms. The van der Waals surface area contributed by atoms with Gasteiger partial charge in [-0.3, -0.25) is 4.90 Å². The van der Waals surface area contributed by atoms with E-state index in [0.717, 1.165) is 29.6 Å². The van der Waals surface area contributed by atoms with Crippen molar-refractivity contribution in [3.8, 4) is 0 Å². The van der Waals surface area contributed by atoms with Crippen molar-refractivity contribution >= 4 is 15.9 Å². The Labute approximate surface area is 114 Å². The van der Waals surface area contributed by atoms with E-state index < -0.39 is 11.7 Å². The number of nitrogens with zero attached hydrogens (tertiary/aromatic N) is 1. The van der Waals surface area contributed by atoms with Crippen molar-refractivity contribution in [1.29, 1.82) is 0 Å². The zero-order valence-corrected chi connectivity index (χ0v) is 12.1. The predicted octanol–water partition coefficient (Wildman–Crippen LogP) is 4.31. The van der Waals surface area contributed by atoms with Gasteiger partial charge in [0.25, 0.3) is 0 Å². The Morgan fingerprint density at radius 1 is 1.17 bits per heavy atom. The van der Waals surface area contributed by atoms with Gasteiger partial charge in [-0.15, -0.1) is 0 Å². The molecule has 0 saturated carbocycles. The first kappa shape index (κ1) is 15.5. The van der Waals surface area contributed by atoms with Crippen LogP contribution in [-0.4, -0.2) is 22.8 Å². The molecule has 1 aromatic carbocycles. The average molecular weight is 324 g/mol. The molecule has 0 spiro atoms. The van der Waals surface area contributed by atoms with Crippen molar-refractivity contribution in [2.75, 3.05) is 11.9 Å². The molecule has 0 atom stereocenters. The number of hydrogen-bond donors (Lipinski definition) is 0. The molecule has 1 rings (SSSR count). The monoisotopic (exact) mass is 323 g/mol. The van der Waals surface area contributed by atoms with E-state index in [1.165, 1.54) is 0 Å². The van der Waals surface area contributed by atoms with Crippen molar-refractivity contribution in [2.24, 2.45) is 0 Å². The van der Waals surface area contributed by atoms with E-state index >= 15 is 0 Å². The standard InChI is InChI=1S/C13H17BrF3N/c1-10(2)18(8-7-14)9-11-3-5-12(6-4-11)13(15,16)17/h3-6,10H,7-9H2,1-2H3. The maximum atomic E-state index is 12.4. The van der Waals surface area contributed by atoms with E-state index in [-0.39, 0.29) is 0 Å². The third-order valence-corrected chi connectivity index (χ3v) is 3.12. The molecule has 1 aromatic rings. The third-order valence-electron chi connectivity index (χ3n) is 2.77. The molecule has 1 nitrogen and oxygen atoms in total. The van der Waals surface area contributed by atoms with Crippen LogP contribution in [0.3, 0.4) is 0 Å². The second-order valence-electron chi connectivity index (χ2n) is 4.45. The Hall–Kier alpha value is -0.550. The van der Waals surface area contributed by atoms with Crippen LogP contribution in [-0.2, 0) is 12.7 Å². The van der Waals surface area contributed by atoms with Crippen LogP contribution in [0.25, 0.3) is 0 Å². The molecule has 0 heterocycles. The minimum atomic E-state index is -4.26. The number of halogens is 4. The molecular formula is C13H17BrF3N. The van der Waals surface area contributed by atoms with E-state index in [1.54, 1.807) is 12.1 Å². The molecule has 0 aliphatic heterocycles. The lowest BCUT2D eigenvalue weighted by Crippen LogP contribution is -2.32. The Morgan fingerprint density at radius 2 is 1.72 bits per heavy atom. The largest absolute Gasteiger partial charge is 0.416 e. The molecule has 0 amide bonds. The Balaban J connectivity index is 2.73. The zero-order valence-electron chi connectivity index (χ0n) is 10.5. The highest BCUT2D eigenvalue weighted by molar-refractivity contribution is 9.09. The van der Waals surface area contributed by atoms with Crippen molar-refractivity contribution in [3.05, 3.63) is 35.4 Å². The topological polar surface area (TPSA) is 3.24 Å². The maximum absolute atomic E-state index is 12.4. The van der Waals surface area contributed by atoms with Crippen LogP contribution in [0.15, 0.2) is 24.3 Å². The summed E-state index contributed by atoms with van der Waals surface area (Å²) < 4.78 is 37.2. The summed E-state index contributed by atoms with van der Waals surface area (Å²) >= 11 is 3.38. The molecule has 0 radical (unpaired) electrons. The minimum absolute atomic E-state index is 0.366. The number of rotatable bonds is 5. The fraction of sp³-hybridized carbons (Fsp3) is 0.538. The highest BCUT2D eigenvalue weighted by Crippen LogP contribution is 2.29. The quantitative estimate of drug-likeness (QED) is 0.730. The highest BCUT2D eigenvalue weighted by Gasteiger charge is 2.29. The lowest BCUT2D eigenvalue weighted by molar-refractivity contribution is -0.137. The second-order valence-corrected chi connectivity index (χ2v) is 5.24. The van der Waals surface area contributed by atoms with Gasteiger partial charge in [0.05, 0.1) is 5.56 Å². The molecule has 0 fully saturated rings. The summed E-state index contributed by atoms with van der Waals surface area (Å²) in [7, 11) is 0. The minimum Gasteiger partial charge on any atom is -0.296 e. The van der Waals surface area contributed by atoms with E-state index in [0.29, 0.717) is 12.6 Å². The van der Waals surface area contributed by atoms with Gasteiger partial charge in [-0.05, 0) is 31.5 Å². The normalized spacial score (nSPS) is 12.4. The van der Waals surface area contributed by atoms with Crippen molar-refractivity contribution in [3.63, 3.8) is 0 Å². The van der Waals surface area contributed by atoms with Gasteiger partial charge in [-0.2, -0.15) is 13.2 Å². The maximum Gasteiger partial charge on any atom is 0.416 e. The smallest absolute Gasteiger partial charge is 0.296 e. The molecule has 5 heteroatoms. The van der Waals surface area contributed by atoms with Gasteiger partial charge in [0.2, 0.25) is 0 Å². The molecular weight excluding hydrogens is 307 g/mol. The van der Waals surface area contributed by atoms with E-state index in [9.17, 15) is 13.2 Å². The van der Waals surface area contributed by atoms with Gasteiger partial charge >= 0.3 is 6.18 Å². The van der Waals surface area contributed by atoms with Crippen LogP contribution in [0, 0.1) is 0 Å². The van der Waals surface area contributed by atoms with Crippen molar-refractivity contribution in [2.45, 2.75) is 32.6 Å². The Kier molecular flexibility index (Phi) is 5.66. The summed E-state index contributed by atoms with van der Waals surface area (Å²) in [6, 6.07) is 5.74. The first-order chi connectivity index (χ1) is 8.34. The molecule has 0 saturated heterocycles. The van der Waals surface area contributed by atoms with Crippen LogP contribution < -0.4 is 0 Å². The molecule has 0 N–H and O–H groups in total. The van der Waals surface area contributed by atoms with E-state index in [2.05, 4.69) is 34.7 Å². The number of hydrogen-bond acceptors (Lipinski definition) is 1. The van der Waals surface area contributed by atoms with E-state index in [4.69, 9.17) is 0 Å². The van der Waals surface area contributed by atoms with Crippen LogP contribution in [0.2, 0.25) is 0 Å². The van der Waals surface area contributed by atoms with Gasteiger partial charge in [-0.25, -0.2) is 0 Å². The highest BCUT2D eigenvalue weighted by atomic mass is 79.9. The molecule has 0 aromatic heterocycles. The Bertz CT molecular complexity index is 359. The second kappa shape index (κ2) is 6.57. The van der Waals surface area contributed by atoms with Gasteiger partial charge in [0.1, 0.15) is 0 Å². The predicted molar refractivity (Wildman–Crippen MR) is 70.8 cm³/mol. The van der Waals surface area contributed by atoms with Crippen molar-refractivity contribution < 1.29 is 13.2 Å². The summed E-state index contributed by atoms with van der Waals surface area (Å²) in [6.07, 6.45) is -4.26. The SMILES string of the molecule is CC(C)N(CCBr)Cc1ccc(C(F)(F)F)cc1. The third kappa shape index (κ3) is 4.61. The molecule has 0 aliphatic carbocycles. The van der Waals surface area contributed by atoms with Gasteiger partial charge in [0, 0.05) is 24.5 Å². The summed E-state index contributed by atoms with van der Waals surface area (Å²) in [6.45, 7) is 5.69. The summed E-state index contributed by atoms with van der Waals surface area (Å²) in [5.74, 6) is 0. The molecule has 102 valence electrons. The fourth-order valence-corrected chi connectivity index (χ4v) is 2.12. The van der Waals surface area contributed by atoms with Gasteiger partial charge in [0.15, 0.2) is 0 Å². The van der Waals surface area contributed by atoms with E-state index in [1.807, 2.05) is 0 Å². The van der Waals surface area contributed by atoms with Crippen molar-refractivity contribution in [1.82, 2.24) is 4.90 Å². The molecule has 0 bridgehead atoms. The van der Waals surface area contributed by atoms with Gasteiger partial charge < -0.3 is 0 Å². The fourth-order valence-electron chi connectivity index (χ4n) is 1.66. The molecule has 0 aliphatic rings. The zero-order chi connectivity index (χ0) is 13.8. The number of benzene rings is 1. The van der Waals surface area contributed by atoms with Crippen LogP contribution >= 0.6 is 15.9 Å². The molecule has 0 unspecified atom stereocenters. The average Bonchev–Trinajstić information content (AvgIpc) is 2.28. The summed E-state index contributed by atoms with van der Waals surface area (Å²) in [5.41, 5.74) is 0.306. The first-order valence-corrected chi connectivity index (χ1v) is 6.93. The number of alkyl halides is 4. The first-order valence-electron chi connectivity index (χ1n) is 5.80.